The van der Waals surface area contributed by atoms with Crippen LogP contribution in [0.5, 0.6) is 0 Å². The maximum atomic E-state index is 11.7. The summed E-state index contributed by atoms with van der Waals surface area (Å²) in [6.07, 6.45) is 0.678. The van der Waals surface area contributed by atoms with E-state index in [9.17, 15) is 4.79 Å². The number of nitrogens with zero attached hydrogens (tertiary/aromatic N) is 2. The monoisotopic (exact) mass is 531 g/mol. The van der Waals surface area contributed by atoms with Gasteiger partial charge in [-0.2, -0.15) is 0 Å². The number of halogens is 1. The van der Waals surface area contributed by atoms with Crippen molar-refractivity contribution in [3.8, 4) is 0 Å². The summed E-state index contributed by atoms with van der Waals surface area (Å²) in [6.45, 7) is 13.9. The number of aliphatic imine (C=N–C) groups is 1. The smallest absolute Gasteiger partial charge is 0.407 e. The van der Waals surface area contributed by atoms with Gasteiger partial charge in [0.2, 0.25) is 0 Å². The van der Waals surface area contributed by atoms with Gasteiger partial charge in [0.25, 0.3) is 0 Å². The van der Waals surface area contributed by atoms with Crippen LogP contribution in [0.25, 0.3) is 0 Å². The van der Waals surface area contributed by atoms with Crippen molar-refractivity contribution in [1.29, 1.82) is 0 Å². The third-order valence-electron chi connectivity index (χ3n) is 4.98. The Kier molecular flexibility index (Phi) is 10.4. The van der Waals surface area contributed by atoms with Crippen molar-refractivity contribution in [2.24, 2.45) is 4.99 Å². The molecule has 0 radical (unpaired) electrons. The Bertz CT molecular complexity index is 716. The molecule has 0 unspecified atom stereocenters. The molecule has 8 heteroatoms. The highest BCUT2D eigenvalue weighted by atomic mass is 127. The molecule has 0 aromatic heterocycles. The van der Waals surface area contributed by atoms with Crippen molar-refractivity contribution in [3.63, 3.8) is 0 Å². The van der Waals surface area contributed by atoms with Crippen LogP contribution < -0.4 is 16.0 Å². The van der Waals surface area contributed by atoms with E-state index in [-0.39, 0.29) is 29.5 Å². The third kappa shape index (κ3) is 8.67. The molecule has 1 heterocycles. The number of carbonyl (C=O) groups excluding carboxylic acids is 1. The van der Waals surface area contributed by atoms with Gasteiger partial charge in [0.15, 0.2) is 5.96 Å². The van der Waals surface area contributed by atoms with Crippen LogP contribution in [0.3, 0.4) is 0 Å². The lowest BCUT2D eigenvalue weighted by atomic mass is 9.94. The summed E-state index contributed by atoms with van der Waals surface area (Å²) < 4.78 is 5.23. The van der Waals surface area contributed by atoms with Crippen molar-refractivity contribution < 1.29 is 9.53 Å². The molecular weight excluding hydrogens is 493 g/mol. The molecule has 0 spiro atoms. The number of amides is 1. The Morgan fingerprint density at radius 3 is 2.33 bits per heavy atom. The normalized spacial score (nSPS) is 14.9. The molecule has 2 rings (SSSR count). The van der Waals surface area contributed by atoms with Gasteiger partial charge in [-0.05, 0) is 52.2 Å². The zero-order valence-electron chi connectivity index (χ0n) is 19.2. The number of nitrogens with one attached hydrogen (secondary N) is 3. The van der Waals surface area contributed by atoms with Gasteiger partial charge in [0, 0.05) is 45.3 Å². The average molecular weight is 531 g/mol. The fourth-order valence-electron chi connectivity index (χ4n) is 3.30. The van der Waals surface area contributed by atoms with Gasteiger partial charge in [0.05, 0.1) is 0 Å². The molecule has 0 aliphatic carbocycles. The lowest BCUT2D eigenvalue weighted by Crippen LogP contribution is -2.55. The Balaban J connectivity index is 0.00000450. The first kappa shape index (κ1) is 26.5. The first-order chi connectivity index (χ1) is 13.6. The van der Waals surface area contributed by atoms with E-state index in [0.29, 0.717) is 13.1 Å². The highest BCUT2D eigenvalue weighted by Gasteiger charge is 2.29. The highest BCUT2D eigenvalue weighted by molar-refractivity contribution is 14.0. The van der Waals surface area contributed by atoms with E-state index in [2.05, 4.69) is 64.0 Å². The first-order valence-electron chi connectivity index (χ1n) is 10.3. The summed E-state index contributed by atoms with van der Waals surface area (Å²) in [5.41, 5.74) is 2.38. The van der Waals surface area contributed by atoms with Gasteiger partial charge in [-0.1, -0.05) is 24.3 Å². The number of fused-ring (bicyclic) bond motifs is 1. The number of hydrogen-bond donors (Lipinski definition) is 3. The molecule has 1 aromatic rings. The number of carbonyl (C=O) groups is 1. The zero-order chi connectivity index (χ0) is 21.5. The molecule has 0 fully saturated rings. The molecule has 30 heavy (non-hydrogen) atoms. The quantitative estimate of drug-likeness (QED) is 0.228. The van der Waals surface area contributed by atoms with Gasteiger partial charge >= 0.3 is 6.09 Å². The molecule has 0 saturated heterocycles. The molecule has 1 aliphatic rings. The van der Waals surface area contributed by atoms with Gasteiger partial charge in [-0.3, -0.25) is 9.89 Å². The zero-order valence-corrected chi connectivity index (χ0v) is 21.5. The van der Waals surface area contributed by atoms with E-state index in [1.165, 1.54) is 11.1 Å². The van der Waals surface area contributed by atoms with E-state index in [1.54, 1.807) is 7.05 Å². The van der Waals surface area contributed by atoms with Crippen LogP contribution in [-0.4, -0.2) is 61.3 Å². The Morgan fingerprint density at radius 2 is 1.70 bits per heavy atom. The second-order valence-electron chi connectivity index (χ2n) is 9.03. The van der Waals surface area contributed by atoms with Gasteiger partial charge < -0.3 is 20.7 Å². The molecule has 3 N–H and O–H groups in total. The molecular formula is C22H38IN5O2. The minimum Gasteiger partial charge on any atom is -0.444 e. The SMILES string of the molecule is CN=C(NCCNC(=O)OC(C)(C)C)NCC(C)(C)N1CCc2ccccc2C1.I. The molecule has 0 atom stereocenters. The number of ether oxygens (including phenoxy) is 1. The second kappa shape index (κ2) is 11.7. The van der Waals surface area contributed by atoms with Crippen LogP contribution in [0.15, 0.2) is 29.3 Å². The van der Waals surface area contributed by atoms with Crippen molar-refractivity contribution in [1.82, 2.24) is 20.9 Å². The largest absolute Gasteiger partial charge is 0.444 e. The van der Waals surface area contributed by atoms with Gasteiger partial charge in [0.1, 0.15) is 5.60 Å². The number of benzene rings is 1. The van der Waals surface area contributed by atoms with Crippen molar-refractivity contribution in [2.45, 2.75) is 58.7 Å². The fraction of sp³-hybridized carbons (Fsp3) is 0.636. The summed E-state index contributed by atoms with van der Waals surface area (Å²) >= 11 is 0. The lowest BCUT2D eigenvalue weighted by molar-refractivity contribution is 0.0529. The number of rotatable bonds is 6. The van der Waals surface area contributed by atoms with E-state index < -0.39 is 11.7 Å². The molecule has 1 amide bonds. The number of alkyl carbamates (subject to hydrolysis) is 1. The summed E-state index contributed by atoms with van der Waals surface area (Å²) in [5.74, 6) is 0.724. The Labute approximate surface area is 198 Å². The maximum absolute atomic E-state index is 11.7. The summed E-state index contributed by atoms with van der Waals surface area (Å²) in [6, 6.07) is 8.69. The number of hydrogen-bond acceptors (Lipinski definition) is 4. The van der Waals surface area contributed by atoms with Crippen LogP contribution in [0.2, 0.25) is 0 Å². The Morgan fingerprint density at radius 1 is 1.07 bits per heavy atom. The minimum absolute atomic E-state index is 0. The molecule has 1 aliphatic heterocycles. The lowest BCUT2D eigenvalue weighted by Gasteiger charge is -2.42. The van der Waals surface area contributed by atoms with Crippen LogP contribution >= 0.6 is 24.0 Å². The predicted molar refractivity (Wildman–Crippen MR) is 134 cm³/mol. The summed E-state index contributed by atoms with van der Waals surface area (Å²) in [7, 11) is 1.75. The van der Waals surface area contributed by atoms with Crippen LogP contribution in [0.4, 0.5) is 4.79 Å². The topological polar surface area (TPSA) is 78.0 Å². The van der Waals surface area contributed by atoms with Crippen molar-refractivity contribution in [3.05, 3.63) is 35.4 Å². The first-order valence-corrected chi connectivity index (χ1v) is 10.3. The van der Waals surface area contributed by atoms with E-state index >= 15 is 0 Å². The molecule has 0 bridgehead atoms. The summed E-state index contributed by atoms with van der Waals surface area (Å²) in [5, 5.41) is 9.38. The fourth-order valence-corrected chi connectivity index (χ4v) is 3.30. The summed E-state index contributed by atoms with van der Waals surface area (Å²) in [4.78, 5) is 18.5. The Hall–Kier alpha value is -1.55. The number of guanidine groups is 1. The van der Waals surface area contributed by atoms with Gasteiger partial charge in [-0.15, -0.1) is 24.0 Å². The minimum atomic E-state index is -0.490. The third-order valence-corrected chi connectivity index (χ3v) is 4.98. The molecule has 0 saturated carbocycles. The van der Waals surface area contributed by atoms with Gasteiger partial charge in [-0.25, -0.2) is 4.79 Å². The van der Waals surface area contributed by atoms with Crippen LogP contribution in [0.1, 0.15) is 45.7 Å². The average Bonchev–Trinajstić information content (AvgIpc) is 2.65. The second-order valence-corrected chi connectivity index (χ2v) is 9.03. The van der Waals surface area contributed by atoms with Crippen LogP contribution in [0, 0.1) is 0 Å². The maximum Gasteiger partial charge on any atom is 0.407 e. The molecule has 170 valence electrons. The van der Waals surface area contributed by atoms with E-state index in [1.807, 2.05) is 20.8 Å². The predicted octanol–water partition coefficient (Wildman–Crippen LogP) is 3.13. The van der Waals surface area contributed by atoms with E-state index in [0.717, 1.165) is 32.0 Å². The van der Waals surface area contributed by atoms with Crippen molar-refractivity contribution >= 4 is 36.0 Å². The molecule has 7 nitrogen and oxygen atoms in total. The highest BCUT2D eigenvalue weighted by Crippen LogP contribution is 2.24. The van der Waals surface area contributed by atoms with Crippen molar-refractivity contribution in [2.75, 3.05) is 33.2 Å². The van der Waals surface area contributed by atoms with E-state index in [4.69, 9.17) is 4.74 Å². The van der Waals surface area contributed by atoms with Crippen LogP contribution in [-0.2, 0) is 17.7 Å². The standard InChI is InChI=1S/C22H37N5O2.HI/c1-21(2,3)29-20(28)25-13-12-24-19(23-6)26-16-22(4,5)27-14-11-17-9-7-8-10-18(17)15-27;/h7-10H,11-16H2,1-6H3,(H,25,28)(H2,23,24,26);1H. The molecule has 1 aromatic carbocycles.